The second-order valence-electron chi connectivity index (χ2n) is 7.04. The molecule has 2 atom stereocenters. The first-order chi connectivity index (χ1) is 13.2. The number of rotatable bonds is 5. The first kappa shape index (κ1) is 17.3. The van der Waals surface area contributed by atoms with Crippen LogP contribution in [-0.2, 0) is 4.79 Å². The summed E-state index contributed by atoms with van der Waals surface area (Å²) in [7, 11) is 0. The highest BCUT2D eigenvalue weighted by molar-refractivity contribution is 5.87. The lowest BCUT2D eigenvalue weighted by atomic mass is 9.95. The summed E-state index contributed by atoms with van der Waals surface area (Å²) in [5.74, 6) is 0. The van der Waals surface area contributed by atoms with Crippen LogP contribution in [0.25, 0.3) is 21.5 Å². The second-order valence-corrected chi connectivity index (χ2v) is 7.04. The van der Waals surface area contributed by atoms with Crippen LogP contribution in [0.3, 0.4) is 0 Å². The summed E-state index contributed by atoms with van der Waals surface area (Å²) in [5.41, 5.74) is 2.35. The van der Waals surface area contributed by atoms with Crippen LogP contribution in [0.1, 0.15) is 37.1 Å². The Kier molecular flexibility index (Phi) is 4.64. The predicted octanol–water partition coefficient (Wildman–Crippen LogP) is 6.27. The molecule has 2 heteroatoms. The van der Waals surface area contributed by atoms with Gasteiger partial charge in [-0.05, 0) is 46.5 Å². The Morgan fingerprint density at radius 3 is 1.48 bits per heavy atom. The Balaban J connectivity index is 1.77. The lowest BCUT2D eigenvalue weighted by Gasteiger charge is -2.33. The Morgan fingerprint density at radius 1 is 0.630 bits per heavy atom. The zero-order chi connectivity index (χ0) is 18.8. The minimum atomic E-state index is -0.0254. The molecule has 134 valence electrons. The summed E-state index contributed by atoms with van der Waals surface area (Å²) < 4.78 is 0. The highest BCUT2D eigenvalue weighted by atomic mass is 16.1. The molecule has 4 aromatic carbocycles. The second kappa shape index (κ2) is 7.24. The fourth-order valence-corrected chi connectivity index (χ4v) is 4.07. The molecule has 0 saturated heterocycles. The summed E-state index contributed by atoms with van der Waals surface area (Å²) in [6, 6.07) is 29.3. The number of hydrogen-bond donors (Lipinski definition) is 0. The van der Waals surface area contributed by atoms with Gasteiger partial charge in [-0.1, -0.05) is 84.9 Å². The minimum absolute atomic E-state index is 0.0254. The number of carbonyl (C=O) groups is 1. The number of benzene rings is 4. The van der Waals surface area contributed by atoms with Crippen LogP contribution in [0, 0.1) is 0 Å². The van der Waals surface area contributed by atoms with Crippen molar-refractivity contribution in [3.8, 4) is 0 Å². The molecule has 0 heterocycles. The normalized spacial score (nSPS) is 13.4. The molecule has 4 rings (SSSR count). The van der Waals surface area contributed by atoms with Crippen molar-refractivity contribution in [2.45, 2.75) is 25.9 Å². The van der Waals surface area contributed by atoms with Crippen LogP contribution < -0.4 is 0 Å². The van der Waals surface area contributed by atoms with Gasteiger partial charge in [0, 0.05) is 0 Å². The maximum atomic E-state index is 12.1. The smallest absolute Gasteiger partial charge is 0.210 e. The average molecular weight is 353 g/mol. The molecule has 0 bridgehead atoms. The van der Waals surface area contributed by atoms with Crippen LogP contribution in [0.15, 0.2) is 84.9 Å². The molecule has 0 aliphatic rings. The van der Waals surface area contributed by atoms with E-state index in [1.807, 2.05) is 17.0 Å². The highest BCUT2D eigenvalue weighted by Gasteiger charge is 2.23. The molecule has 0 saturated carbocycles. The Morgan fingerprint density at radius 2 is 1.04 bits per heavy atom. The van der Waals surface area contributed by atoms with Crippen molar-refractivity contribution in [1.82, 2.24) is 4.90 Å². The Labute approximate surface area is 160 Å². The zero-order valence-corrected chi connectivity index (χ0v) is 15.7. The van der Waals surface area contributed by atoms with Crippen LogP contribution >= 0.6 is 0 Å². The van der Waals surface area contributed by atoms with Gasteiger partial charge in [0.1, 0.15) is 0 Å². The summed E-state index contributed by atoms with van der Waals surface area (Å²) in [5, 5.41) is 4.80. The lowest BCUT2D eigenvalue weighted by molar-refractivity contribution is -0.122. The van der Waals surface area contributed by atoms with E-state index in [1.54, 1.807) is 0 Å². The maximum Gasteiger partial charge on any atom is 0.210 e. The zero-order valence-electron chi connectivity index (χ0n) is 15.7. The van der Waals surface area contributed by atoms with Crippen molar-refractivity contribution < 1.29 is 4.79 Å². The molecular formula is C25H23NO. The van der Waals surface area contributed by atoms with Gasteiger partial charge < -0.3 is 4.90 Å². The molecule has 4 aromatic rings. The van der Waals surface area contributed by atoms with Gasteiger partial charge in [0.25, 0.3) is 0 Å². The quantitative estimate of drug-likeness (QED) is 0.387. The molecule has 0 N–H and O–H groups in total. The molecule has 0 radical (unpaired) electrons. The topological polar surface area (TPSA) is 20.3 Å². The van der Waals surface area contributed by atoms with E-state index in [2.05, 4.69) is 86.6 Å². The number of carbonyl (C=O) groups excluding carboxylic acids is 1. The van der Waals surface area contributed by atoms with Crippen molar-refractivity contribution in [3.05, 3.63) is 96.1 Å². The first-order valence-corrected chi connectivity index (χ1v) is 9.39. The van der Waals surface area contributed by atoms with Crippen LogP contribution in [0.2, 0.25) is 0 Å². The molecule has 2 nitrogen and oxygen atoms in total. The predicted molar refractivity (Wildman–Crippen MR) is 113 cm³/mol. The molecule has 27 heavy (non-hydrogen) atoms. The van der Waals surface area contributed by atoms with Gasteiger partial charge in [-0.2, -0.15) is 0 Å². The standard InChI is InChI=1S/C25H23NO/c1-18(22-15-7-11-20-9-3-5-13-24(20)22)26(17-27)19(2)23-16-8-12-21-10-4-6-14-25(21)23/h3-19H,1-2H3/t18-,19-/m0/s1. The number of nitrogens with zero attached hydrogens (tertiary/aromatic N) is 1. The van der Waals surface area contributed by atoms with Gasteiger partial charge in [0.2, 0.25) is 6.41 Å². The molecule has 0 fully saturated rings. The summed E-state index contributed by atoms with van der Waals surface area (Å²) in [6.07, 6.45) is 0.985. The van der Waals surface area contributed by atoms with Crippen LogP contribution in [-0.4, -0.2) is 11.3 Å². The van der Waals surface area contributed by atoms with E-state index in [4.69, 9.17) is 0 Å². The van der Waals surface area contributed by atoms with Crippen molar-refractivity contribution in [2.75, 3.05) is 0 Å². The molecule has 0 aromatic heterocycles. The van der Waals surface area contributed by atoms with E-state index in [-0.39, 0.29) is 12.1 Å². The van der Waals surface area contributed by atoms with Crippen molar-refractivity contribution in [2.24, 2.45) is 0 Å². The first-order valence-electron chi connectivity index (χ1n) is 9.39. The Bertz CT molecular complexity index is 1010. The maximum absolute atomic E-state index is 12.1. The van der Waals surface area contributed by atoms with E-state index in [0.29, 0.717) is 0 Å². The summed E-state index contributed by atoms with van der Waals surface area (Å²) in [6.45, 7) is 4.22. The van der Waals surface area contributed by atoms with E-state index in [0.717, 1.165) is 6.41 Å². The van der Waals surface area contributed by atoms with E-state index < -0.39 is 0 Å². The van der Waals surface area contributed by atoms with Gasteiger partial charge in [0.05, 0.1) is 12.1 Å². The van der Waals surface area contributed by atoms with E-state index in [1.165, 1.54) is 32.7 Å². The molecule has 0 aliphatic carbocycles. The van der Waals surface area contributed by atoms with Crippen molar-refractivity contribution >= 4 is 28.0 Å². The number of hydrogen-bond acceptors (Lipinski definition) is 1. The van der Waals surface area contributed by atoms with Gasteiger partial charge in [-0.25, -0.2) is 0 Å². The summed E-state index contributed by atoms with van der Waals surface area (Å²) >= 11 is 0. The fourth-order valence-electron chi connectivity index (χ4n) is 4.07. The fraction of sp³-hybridized carbons (Fsp3) is 0.160. The third-order valence-corrected chi connectivity index (χ3v) is 5.56. The Hall–Kier alpha value is -3.13. The molecule has 1 amide bonds. The summed E-state index contributed by atoms with van der Waals surface area (Å²) in [4.78, 5) is 14.1. The number of amides is 1. The molecule has 0 aliphatic heterocycles. The highest BCUT2D eigenvalue weighted by Crippen LogP contribution is 2.35. The third kappa shape index (κ3) is 3.08. The van der Waals surface area contributed by atoms with Gasteiger partial charge >= 0.3 is 0 Å². The van der Waals surface area contributed by atoms with Crippen molar-refractivity contribution in [3.63, 3.8) is 0 Å². The molecule has 0 unspecified atom stereocenters. The average Bonchev–Trinajstić information content (AvgIpc) is 2.73. The van der Waals surface area contributed by atoms with Gasteiger partial charge in [-0.3, -0.25) is 4.79 Å². The van der Waals surface area contributed by atoms with Gasteiger partial charge in [0.15, 0.2) is 0 Å². The van der Waals surface area contributed by atoms with Crippen LogP contribution in [0.5, 0.6) is 0 Å². The van der Waals surface area contributed by atoms with Gasteiger partial charge in [-0.15, -0.1) is 0 Å². The molecular weight excluding hydrogens is 330 g/mol. The largest absolute Gasteiger partial charge is 0.332 e. The SMILES string of the molecule is C[C@@H](c1cccc2ccccc12)N(C=O)[C@@H](C)c1cccc2ccccc12. The third-order valence-electron chi connectivity index (χ3n) is 5.56. The monoisotopic (exact) mass is 353 g/mol. The van der Waals surface area contributed by atoms with E-state index in [9.17, 15) is 4.79 Å². The number of fused-ring (bicyclic) bond motifs is 2. The van der Waals surface area contributed by atoms with Crippen molar-refractivity contribution in [1.29, 1.82) is 0 Å². The van der Waals surface area contributed by atoms with E-state index >= 15 is 0 Å². The molecule has 0 spiro atoms. The minimum Gasteiger partial charge on any atom is -0.332 e. The van der Waals surface area contributed by atoms with Crippen LogP contribution in [0.4, 0.5) is 0 Å². The lowest BCUT2D eigenvalue weighted by Crippen LogP contribution is -2.29.